The van der Waals surface area contributed by atoms with Gasteiger partial charge in [0.05, 0.1) is 24.2 Å². The minimum Gasteiger partial charge on any atom is -0.440 e. The SMILES string of the molecule is [C-]#[N+]c1cc(-c2ccc(-c3cc(F)c(CO)c(S(C)(=O)=O)c3)cc2-c2oc(C)nc2-c2ccc3c(c2)OC(F)(F)O3)n(C)n1. The fourth-order valence-corrected chi connectivity index (χ4v) is 6.01. The standard InChI is InChI=1S/C30H21F3N4O6S/c1-15-35-28(17-6-8-24-25(11-17)43-30(32,33)42-24)29(41-15)20-9-16(5-7-19(20)23-13-27(34-2)36-37(23)3)18-10-22(31)21(14-38)26(12-18)44(4,39)40/h5-13,38H,14H2,1,3-4H3. The summed E-state index contributed by atoms with van der Waals surface area (Å²) >= 11 is 0. The maximum absolute atomic E-state index is 15.1. The zero-order valence-electron chi connectivity index (χ0n) is 23.2. The highest BCUT2D eigenvalue weighted by Crippen LogP contribution is 2.46. The molecule has 0 saturated heterocycles. The van der Waals surface area contributed by atoms with E-state index in [-0.39, 0.29) is 50.7 Å². The van der Waals surface area contributed by atoms with Crippen molar-refractivity contribution in [3.05, 3.63) is 83.3 Å². The van der Waals surface area contributed by atoms with Crippen LogP contribution < -0.4 is 9.47 Å². The number of oxazole rings is 1. The highest BCUT2D eigenvalue weighted by molar-refractivity contribution is 7.90. The normalized spacial score (nSPS) is 13.7. The van der Waals surface area contributed by atoms with Crippen LogP contribution in [-0.2, 0) is 23.5 Å². The Morgan fingerprint density at radius 2 is 1.73 bits per heavy atom. The van der Waals surface area contributed by atoms with E-state index in [9.17, 15) is 22.3 Å². The van der Waals surface area contributed by atoms with Gasteiger partial charge in [-0.2, -0.15) is 4.68 Å². The third kappa shape index (κ3) is 5.06. The number of hydrogen-bond acceptors (Lipinski definition) is 8. The summed E-state index contributed by atoms with van der Waals surface area (Å²) in [5.74, 6) is -0.695. The second-order valence-electron chi connectivity index (χ2n) is 9.99. The number of hydrogen-bond donors (Lipinski definition) is 1. The Bertz CT molecular complexity index is 2130. The van der Waals surface area contributed by atoms with Crippen molar-refractivity contribution in [2.75, 3.05) is 6.26 Å². The van der Waals surface area contributed by atoms with Crippen molar-refractivity contribution < 1.29 is 40.6 Å². The van der Waals surface area contributed by atoms with Crippen molar-refractivity contribution in [3.8, 4) is 56.5 Å². The van der Waals surface area contributed by atoms with Crippen LogP contribution in [-0.4, -0.2) is 40.8 Å². The molecule has 0 aliphatic carbocycles. The first kappa shape index (κ1) is 29.0. The molecule has 14 heteroatoms. The maximum Gasteiger partial charge on any atom is 0.586 e. The molecule has 2 aromatic heterocycles. The third-order valence-electron chi connectivity index (χ3n) is 6.98. The van der Waals surface area contributed by atoms with Crippen LogP contribution in [0.15, 0.2) is 63.9 Å². The molecule has 0 unspecified atom stereocenters. The van der Waals surface area contributed by atoms with Crippen molar-refractivity contribution in [3.63, 3.8) is 0 Å². The Labute approximate surface area is 248 Å². The molecule has 3 aromatic carbocycles. The average Bonchev–Trinajstić information content (AvgIpc) is 3.63. The Morgan fingerprint density at radius 3 is 2.41 bits per heavy atom. The summed E-state index contributed by atoms with van der Waals surface area (Å²) in [5.41, 5.74) is 2.29. The summed E-state index contributed by atoms with van der Waals surface area (Å²) in [6, 6.07) is 13.1. The molecule has 1 aliphatic rings. The first-order valence-corrected chi connectivity index (χ1v) is 14.7. The number of alkyl halides is 2. The molecule has 0 fully saturated rings. The summed E-state index contributed by atoms with van der Waals surface area (Å²) in [6.07, 6.45) is -2.90. The molecule has 1 N–H and O–H groups in total. The number of fused-ring (bicyclic) bond motifs is 1. The van der Waals surface area contributed by atoms with Gasteiger partial charge < -0.3 is 23.8 Å². The third-order valence-corrected chi connectivity index (χ3v) is 8.14. The van der Waals surface area contributed by atoms with E-state index in [2.05, 4.69) is 24.4 Å². The van der Waals surface area contributed by atoms with Crippen molar-refractivity contribution in [2.24, 2.45) is 7.05 Å². The number of sulfone groups is 1. The predicted octanol–water partition coefficient (Wildman–Crippen LogP) is 6.29. The smallest absolute Gasteiger partial charge is 0.440 e. The first-order valence-electron chi connectivity index (χ1n) is 12.9. The number of aliphatic hydroxyl groups is 1. The topological polar surface area (TPSA) is 121 Å². The highest BCUT2D eigenvalue weighted by atomic mass is 32.2. The van der Waals surface area contributed by atoms with Gasteiger partial charge in [-0.15, -0.1) is 8.78 Å². The molecule has 0 amide bonds. The van der Waals surface area contributed by atoms with Gasteiger partial charge in [-0.05, 0) is 58.7 Å². The van der Waals surface area contributed by atoms with Crippen LogP contribution in [0, 0.1) is 19.3 Å². The van der Waals surface area contributed by atoms with Gasteiger partial charge in [0.15, 0.2) is 33.0 Å². The average molecular weight is 623 g/mol. The minimum atomic E-state index is -3.91. The maximum atomic E-state index is 15.1. The van der Waals surface area contributed by atoms with Crippen LogP contribution in [0.2, 0.25) is 0 Å². The number of rotatable bonds is 6. The van der Waals surface area contributed by atoms with E-state index in [1.54, 1.807) is 38.2 Å². The number of ether oxygens (including phenoxy) is 2. The lowest BCUT2D eigenvalue weighted by molar-refractivity contribution is -0.286. The number of nitrogens with zero attached hydrogens (tertiary/aromatic N) is 4. The first-order chi connectivity index (χ1) is 20.8. The van der Waals surface area contributed by atoms with Crippen LogP contribution in [0.1, 0.15) is 11.5 Å². The molecular formula is C30H21F3N4O6S. The van der Waals surface area contributed by atoms with Crippen LogP contribution >= 0.6 is 0 Å². The van der Waals surface area contributed by atoms with Crippen LogP contribution in [0.4, 0.5) is 19.0 Å². The molecule has 0 spiro atoms. The van der Waals surface area contributed by atoms with Crippen molar-refractivity contribution in [2.45, 2.75) is 24.7 Å². The molecule has 10 nitrogen and oxygen atoms in total. The van der Waals surface area contributed by atoms with Crippen LogP contribution in [0.5, 0.6) is 11.5 Å². The van der Waals surface area contributed by atoms with E-state index < -0.39 is 28.6 Å². The molecular weight excluding hydrogens is 601 g/mol. The van der Waals surface area contributed by atoms with Gasteiger partial charge in [0.1, 0.15) is 11.5 Å². The quantitative estimate of drug-likeness (QED) is 0.219. The molecule has 3 heterocycles. The fourth-order valence-electron chi connectivity index (χ4n) is 5.06. The zero-order valence-corrected chi connectivity index (χ0v) is 24.0. The predicted molar refractivity (Wildman–Crippen MR) is 151 cm³/mol. The van der Waals surface area contributed by atoms with Gasteiger partial charge in [0, 0.05) is 35.4 Å². The molecule has 1 aliphatic heterocycles. The van der Waals surface area contributed by atoms with E-state index in [0.717, 1.165) is 12.3 Å². The molecule has 0 atom stereocenters. The summed E-state index contributed by atoms with van der Waals surface area (Å²) < 4.78 is 84.1. The number of aliphatic hydroxyl groups excluding tert-OH is 1. The molecule has 44 heavy (non-hydrogen) atoms. The minimum absolute atomic E-state index is 0.127. The Hall–Kier alpha value is -5.13. The Morgan fingerprint density at radius 1 is 1.00 bits per heavy atom. The lowest BCUT2D eigenvalue weighted by Gasteiger charge is -2.14. The fraction of sp³-hybridized carbons (Fsp3) is 0.167. The monoisotopic (exact) mass is 622 g/mol. The van der Waals surface area contributed by atoms with Gasteiger partial charge >= 0.3 is 6.29 Å². The second-order valence-corrected chi connectivity index (χ2v) is 12.0. The molecule has 224 valence electrons. The summed E-state index contributed by atoms with van der Waals surface area (Å²) in [7, 11) is -2.27. The van der Waals surface area contributed by atoms with E-state index >= 15 is 4.39 Å². The molecule has 6 rings (SSSR count). The lowest BCUT2D eigenvalue weighted by atomic mass is 9.93. The van der Waals surface area contributed by atoms with Crippen LogP contribution in [0.25, 0.3) is 49.8 Å². The lowest BCUT2D eigenvalue weighted by Crippen LogP contribution is -2.25. The molecule has 0 bridgehead atoms. The largest absolute Gasteiger partial charge is 0.586 e. The summed E-state index contributed by atoms with van der Waals surface area (Å²) in [5, 5.41) is 13.8. The summed E-state index contributed by atoms with van der Waals surface area (Å²) in [4.78, 5) is 7.53. The van der Waals surface area contributed by atoms with Gasteiger partial charge in [0.2, 0.25) is 0 Å². The molecule has 0 saturated carbocycles. The van der Waals surface area contributed by atoms with Gasteiger partial charge in [0.25, 0.3) is 5.82 Å². The van der Waals surface area contributed by atoms with Crippen molar-refractivity contribution >= 4 is 15.7 Å². The molecule has 0 radical (unpaired) electrons. The Kier molecular flexibility index (Phi) is 6.75. The number of benzene rings is 3. The van der Waals surface area contributed by atoms with Gasteiger partial charge in [-0.25, -0.2) is 17.8 Å². The van der Waals surface area contributed by atoms with Gasteiger partial charge in [-0.3, -0.25) is 0 Å². The number of aryl methyl sites for hydroxylation is 2. The van der Waals surface area contributed by atoms with Crippen molar-refractivity contribution in [1.82, 2.24) is 14.8 Å². The van der Waals surface area contributed by atoms with Gasteiger partial charge in [-0.1, -0.05) is 18.7 Å². The number of aromatic nitrogens is 3. The Balaban J connectivity index is 1.59. The number of halogens is 3. The van der Waals surface area contributed by atoms with Crippen molar-refractivity contribution in [1.29, 1.82) is 0 Å². The molecule has 5 aromatic rings. The van der Waals surface area contributed by atoms with E-state index in [1.807, 2.05) is 0 Å². The van der Waals surface area contributed by atoms with E-state index in [4.69, 9.17) is 11.0 Å². The highest BCUT2D eigenvalue weighted by Gasteiger charge is 2.43. The van der Waals surface area contributed by atoms with E-state index in [1.165, 1.54) is 28.9 Å². The second kappa shape index (κ2) is 10.2. The van der Waals surface area contributed by atoms with E-state index in [0.29, 0.717) is 27.9 Å². The van der Waals surface area contributed by atoms with Crippen LogP contribution in [0.3, 0.4) is 0 Å². The summed E-state index contributed by atoms with van der Waals surface area (Å²) in [6.45, 7) is 8.17. The zero-order chi connectivity index (χ0) is 31.6.